The Morgan fingerprint density at radius 2 is 1.63 bits per heavy atom. The quantitative estimate of drug-likeness (QED) is 0.643. The van der Waals surface area contributed by atoms with E-state index in [9.17, 15) is 0 Å². The van der Waals surface area contributed by atoms with Gasteiger partial charge < -0.3 is 14.5 Å². The van der Waals surface area contributed by atoms with E-state index in [-0.39, 0.29) is 0 Å². The van der Waals surface area contributed by atoms with Crippen molar-refractivity contribution >= 4 is 5.69 Å². The van der Waals surface area contributed by atoms with E-state index >= 15 is 0 Å². The van der Waals surface area contributed by atoms with Gasteiger partial charge in [0, 0.05) is 31.4 Å². The largest absolute Gasteiger partial charge is 0.497 e. The van der Waals surface area contributed by atoms with Crippen molar-refractivity contribution in [1.29, 1.82) is 0 Å². The molecule has 0 aromatic heterocycles. The van der Waals surface area contributed by atoms with Crippen molar-refractivity contribution in [2.45, 2.75) is 45.6 Å². The molecule has 0 N–H and O–H groups in total. The summed E-state index contributed by atoms with van der Waals surface area (Å²) in [6.07, 6.45) is 6.72. The van der Waals surface area contributed by atoms with Gasteiger partial charge in [0.05, 0.1) is 7.11 Å². The molecule has 0 radical (unpaired) electrons. The van der Waals surface area contributed by atoms with Gasteiger partial charge in [-0.15, -0.1) is 0 Å². The Hall–Kier alpha value is -2.00. The third-order valence-corrected chi connectivity index (χ3v) is 5.61. The molecule has 0 aliphatic carbocycles. The van der Waals surface area contributed by atoms with Gasteiger partial charge in [0.2, 0.25) is 0 Å². The van der Waals surface area contributed by atoms with Gasteiger partial charge in [0.25, 0.3) is 0 Å². The van der Waals surface area contributed by atoms with E-state index in [0.717, 1.165) is 25.3 Å². The monoisotopic (exact) mass is 366 g/mol. The summed E-state index contributed by atoms with van der Waals surface area (Å²) in [7, 11) is 1.72. The Balaban J connectivity index is 1.55. The first-order chi connectivity index (χ1) is 13.3. The fourth-order valence-electron chi connectivity index (χ4n) is 3.87. The van der Waals surface area contributed by atoms with Gasteiger partial charge in [-0.1, -0.05) is 43.2 Å². The van der Waals surface area contributed by atoms with Crippen molar-refractivity contribution < 1.29 is 4.74 Å². The van der Waals surface area contributed by atoms with Gasteiger partial charge >= 0.3 is 0 Å². The predicted octanol–water partition coefficient (Wildman–Crippen LogP) is 5.14. The van der Waals surface area contributed by atoms with E-state index < -0.39 is 0 Å². The first kappa shape index (κ1) is 19.8. The maximum Gasteiger partial charge on any atom is 0.120 e. The van der Waals surface area contributed by atoms with E-state index in [0.29, 0.717) is 0 Å². The highest BCUT2D eigenvalue weighted by Crippen LogP contribution is 2.22. The minimum atomic E-state index is 0.912. The first-order valence-electron chi connectivity index (χ1n) is 10.5. The summed E-state index contributed by atoms with van der Waals surface area (Å²) in [6.45, 7) is 7.87. The van der Waals surface area contributed by atoms with Crippen LogP contribution in [0.5, 0.6) is 5.75 Å². The SMILES string of the molecule is CCN(Cc1ccc(CCN2CCCCCC2)cc1)c1cccc(OC)c1. The zero-order valence-corrected chi connectivity index (χ0v) is 17.0. The second kappa shape index (κ2) is 10.4. The lowest BCUT2D eigenvalue weighted by Gasteiger charge is -2.24. The summed E-state index contributed by atoms with van der Waals surface area (Å²) in [4.78, 5) is 5.03. The molecule has 3 rings (SSSR count). The topological polar surface area (TPSA) is 15.7 Å². The highest BCUT2D eigenvalue weighted by Gasteiger charge is 2.09. The number of ether oxygens (including phenoxy) is 1. The van der Waals surface area contributed by atoms with Crippen molar-refractivity contribution in [3.63, 3.8) is 0 Å². The van der Waals surface area contributed by atoms with Crippen molar-refractivity contribution in [2.75, 3.05) is 38.2 Å². The number of benzene rings is 2. The van der Waals surface area contributed by atoms with Crippen LogP contribution in [0.4, 0.5) is 5.69 Å². The van der Waals surface area contributed by atoms with Crippen LogP contribution in [0.25, 0.3) is 0 Å². The number of nitrogens with zero attached hydrogens (tertiary/aromatic N) is 2. The maximum absolute atomic E-state index is 5.37. The molecule has 1 aliphatic rings. The van der Waals surface area contributed by atoms with Crippen LogP contribution in [0.2, 0.25) is 0 Å². The van der Waals surface area contributed by atoms with Gasteiger partial charge in [-0.3, -0.25) is 0 Å². The van der Waals surface area contributed by atoms with E-state index in [2.05, 4.69) is 59.2 Å². The second-order valence-electron chi connectivity index (χ2n) is 7.54. The minimum absolute atomic E-state index is 0.912. The molecule has 1 heterocycles. The lowest BCUT2D eigenvalue weighted by atomic mass is 10.1. The summed E-state index contributed by atoms with van der Waals surface area (Å²) in [5.41, 5.74) is 4.02. The van der Waals surface area contributed by atoms with Crippen LogP contribution in [-0.4, -0.2) is 38.2 Å². The zero-order chi connectivity index (χ0) is 18.9. The molecule has 0 spiro atoms. The fourth-order valence-corrected chi connectivity index (χ4v) is 3.87. The van der Waals surface area contributed by atoms with Gasteiger partial charge in [0.1, 0.15) is 5.75 Å². The first-order valence-corrected chi connectivity index (χ1v) is 10.5. The van der Waals surface area contributed by atoms with Crippen molar-refractivity contribution in [1.82, 2.24) is 4.90 Å². The van der Waals surface area contributed by atoms with Gasteiger partial charge in [-0.2, -0.15) is 0 Å². The summed E-state index contributed by atoms with van der Waals surface area (Å²) < 4.78 is 5.37. The Morgan fingerprint density at radius 1 is 0.926 bits per heavy atom. The Bertz CT molecular complexity index is 675. The lowest BCUT2D eigenvalue weighted by Crippen LogP contribution is -2.27. The van der Waals surface area contributed by atoms with E-state index in [4.69, 9.17) is 4.74 Å². The standard InChI is InChI=1S/C24H34N2O/c1-3-26(23-9-8-10-24(19-23)27-2)20-22-13-11-21(12-14-22)15-18-25-16-6-4-5-7-17-25/h8-14,19H,3-7,15-18,20H2,1-2H3. The van der Waals surface area contributed by atoms with Crippen LogP contribution in [0.15, 0.2) is 48.5 Å². The number of likely N-dealkylation sites (tertiary alicyclic amines) is 1. The molecule has 1 saturated heterocycles. The molecule has 2 aromatic carbocycles. The van der Waals surface area contributed by atoms with Crippen LogP contribution < -0.4 is 9.64 Å². The summed E-state index contributed by atoms with van der Waals surface area (Å²) >= 11 is 0. The van der Waals surface area contributed by atoms with Crippen LogP contribution in [0.1, 0.15) is 43.7 Å². The van der Waals surface area contributed by atoms with Crippen LogP contribution >= 0.6 is 0 Å². The third-order valence-electron chi connectivity index (χ3n) is 5.61. The second-order valence-corrected chi connectivity index (χ2v) is 7.54. The smallest absolute Gasteiger partial charge is 0.120 e. The third kappa shape index (κ3) is 6.00. The molecule has 0 atom stereocenters. The number of methoxy groups -OCH3 is 1. The highest BCUT2D eigenvalue weighted by molar-refractivity contribution is 5.51. The predicted molar refractivity (Wildman–Crippen MR) is 115 cm³/mol. The van der Waals surface area contributed by atoms with Crippen LogP contribution in [0, 0.1) is 0 Å². The number of hydrogen-bond donors (Lipinski definition) is 0. The van der Waals surface area contributed by atoms with Gasteiger partial charge in [-0.05, 0) is 62.5 Å². The molecule has 1 aliphatic heterocycles. The average molecular weight is 367 g/mol. The minimum Gasteiger partial charge on any atom is -0.497 e. The van der Waals surface area contributed by atoms with Gasteiger partial charge in [-0.25, -0.2) is 0 Å². The van der Waals surface area contributed by atoms with E-state index in [1.54, 1.807) is 7.11 Å². The van der Waals surface area contributed by atoms with Crippen molar-refractivity contribution in [3.8, 4) is 5.75 Å². The Labute approximate surface area is 164 Å². The normalized spacial score (nSPS) is 15.3. The molecule has 0 unspecified atom stereocenters. The maximum atomic E-state index is 5.37. The van der Waals surface area contributed by atoms with Gasteiger partial charge in [0.15, 0.2) is 0 Å². The molecule has 0 amide bonds. The molecule has 0 saturated carbocycles. The van der Waals surface area contributed by atoms with Crippen LogP contribution in [0.3, 0.4) is 0 Å². The molecule has 146 valence electrons. The molecule has 1 fully saturated rings. The fraction of sp³-hybridized carbons (Fsp3) is 0.500. The number of anilines is 1. The van der Waals surface area contributed by atoms with Crippen molar-refractivity contribution in [3.05, 3.63) is 59.7 Å². The zero-order valence-electron chi connectivity index (χ0n) is 17.0. The molecular formula is C24H34N2O. The highest BCUT2D eigenvalue weighted by atomic mass is 16.5. The molecule has 3 nitrogen and oxygen atoms in total. The molecule has 3 heteroatoms. The Morgan fingerprint density at radius 3 is 2.30 bits per heavy atom. The summed E-state index contributed by atoms with van der Waals surface area (Å²) in [5, 5.41) is 0. The number of rotatable bonds is 8. The molecular weight excluding hydrogens is 332 g/mol. The molecule has 2 aromatic rings. The molecule has 27 heavy (non-hydrogen) atoms. The number of hydrogen-bond acceptors (Lipinski definition) is 3. The van der Waals surface area contributed by atoms with E-state index in [1.807, 2.05) is 6.07 Å². The van der Waals surface area contributed by atoms with Crippen LogP contribution in [-0.2, 0) is 13.0 Å². The van der Waals surface area contributed by atoms with Crippen molar-refractivity contribution in [2.24, 2.45) is 0 Å². The summed E-state index contributed by atoms with van der Waals surface area (Å²) in [6, 6.07) is 17.5. The Kier molecular flexibility index (Phi) is 7.58. The lowest BCUT2D eigenvalue weighted by molar-refractivity contribution is 0.289. The van der Waals surface area contributed by atoms with E-state index in [1.165, 1.54) is 62.1 Å². The summed E-state index contributed by atoms with van der Waals surface area (Å²) in [5.74, 6) is 0.912. The molecule has 0 bridgehead atoms. The average Bonchev–Trinajstić information content (AvgIpc) is 3.00.